The molecule has 1 saturated heterocycles. The van der Waals surface area contributed by atoms with Crippen LogP contribution in [0.25, 0.3) is 11.4 Å². The topological polar surface area (TPSA) is 41.8 Å². The zero-order valence-electron chi connectivity index (χ0n) is 13.8. The number of nitrogens with zero attached hydrogens (tertiary/aromatic N) is 2. The first-order chi connectivity index (χ1) is 12.3. The van der Waals surface area contributed by atoms with Crippen LogP contribution in [0.4, 0.5) is 0 Å². The van der Waals surface area contributed by atoms with Crippen molar-refractivity contribution in [3.63, 3.8) is 0 Å². The van der Waals surface area contributed by atoms with E-state index in [1.807, 2.05) is 12.1 Å². The molecule has 0 unspecified atom stereocenters. The molecule has 25 heavy (non-hydrogen) atoms. The molecule has 5 heteroatoms. The van der Waals surface area contributed by atoms with Crippen molar-refractivity contribution >= 4 is 15.9 Å². The predicted molar refractivity (Wildman–Crippen MR) is 98.3 cm³/mol. The molecular weight excluding hydrogens is 378 g/mol. The maximum atomic E-state index is 5.68. The lowest BCUT2D eigenvalue weighted by molar-refractivity contribution is -0.755. The summed E-state index contributed by atoms with van der Waals surface area (Å²) >= 11 is 3.56. The molecule has 0 saturated carbocycles. The van der Waals surface area contributed by atoms with Crippen LogP contribution in [-0.4, -0.2) is 23.3 Å². The van der Waals surface area contributed by atoms with Gasteiger partial charge in [-0.25, -0.2) is 0 Å². The van der Waals surface area contributed by atoms with E-state index in [1.165, 1.54) is 11.1 Å². The highest BCUT2D eigenvalue weighted by atomic mass is 79.9. The first kappa shape index (κ1) is 15.3. The van der Waals surface area contributed by atoms with E-state index in [0.717, 1.165) is 54.3 Å². The molecule has 3 heterocycles. The molecule has 1 spiro atoms. The molecule has 1 aromatic heterocycles. The zero-order chi connectivity index (χ0) is 16.9. The molecule has 1 N–H and O–H groups in total. The monoisotopic (exact) mass is 396 g/mol. The lowest BCUT2D eigenvalue weighted by atomic mass is 9.70. The molecule has 1 fully saturated rings. The minimum atomic E-state index is -0.0478. The number of halogens is 1. The first-order valence-corrected chi connectivity index (χ1v) is 9.48. The number of fused-ring (bicyclic) bond motifs is 4. The average Bonchev–Trinajstić information content (AvgIpc) is 3.08. The second-order valence-corrected chi connectivity index (χ2v) is 7.76. The molecule has 0 atom stereocenters. The summed E-state index contributed by atoms with van der Waals surface area (Å²) in [6, 6.07) is 17.1. The van der Waals surface area contributed by atoms with E-state index in [2.05, 4.69) is 62.1 Å². The smallest absolute Gasteiger partial charge is 0.330 e. The van der Waals surface area contributed by atoms with Crippen molar-refractivity contribution in [3.05, 3.63) is 70.0 Å². The van der Waals surface area contributed by atoms with E-state index in [1.54, 1.807) is 0 Å². The van der Waals surface area contributed by atoms with Gasteiger partial charge >= 0.3 is 5.82 Å². The normalized spacial score (nSPS) is 18.0. The largest absolute Gasteiger partial charge is 0.381 e. The minimum Gasteiger partial charge on any atom is -0.381 e. The molecule has 126 valence electrons. The molecule has 5 rings (SSSR count). The SMILES string of the molecule is Brc1cccc(-c2nc3[n+]([nH]2)Cc2ccccc2C32CCOCC2)c1. The Balaban J connectivity index is 1.69. The Bertz CT molecular complexity index is 944. The van der Waals surface area contributed by atoms with Gasteiger partial charge in [0.2, 0.25) is 0 Å². The Hall–Kier alpha value is -1.98. The van der Waals surface area contributed by atoms with Crippen molar-refractivity contribution < 1.29 is 9.42 Å². The fraction of sp³-hybridized carbons (Fsp3) is 0.300. The van der Waals surface area contributed by atoms with E-state index in [-0.39, 0.29) is 5.41 Å². The molecule has 0 radical (unpaired) electrons. The molecule has 3 aromatic rings. The third-order valence-electron chi connectivity index (χ3n) is 5.45. The quantitative estimate of drug-likeness (QED) is 0.638. The van der Waals surface area contributed by atoms with Gasteiger partial charge in [0.1, 0.15) is 12.0 Å². The predicted octanol–water partition coefficient (Wildman–Crippen LogP) is 3.58. The number of nitrogens with one attached hydrogen (secondary N) is 1. The number of aromatic amines is 1. The number of benzene rings is 2. The fourth-order valence-corrected chi connectivity index (χ4v) is 4.64. The van der Waals surface area contributed by atoms with E-state index < -0.39 is 0 Å². The number of hydrogen-bond donors (Lipinski definition) is 1. The van der Waals surface area contributed by atoms with Gasteiger partial charge in [0.05, 0.1) is 0 Å². The van der Waals surface area contributed by atoms with Gasteiger partial charge in [0, 0.05) is 23.2 Å². The molecule has 2 aromatic carbocycles. The van der Waals surface area contributed by atoms with Gasteiger partial charge in [-0.2, -0.15) is 9.78 Å². The van der Waals surface area contributed by atoms with Crippen molar-refractivity contribution in [2.24, 2.45) is 0 Å². The van der Waals surface area contributed by atoms with Crippen LogP contribution in [0.15, 0.2) is 53.0 Å². The van der Waals surface area contributed by atoms with Crippen molar-refractivity contribution in [1.29, 1.82) is 0 Å². The summed E-state index contributed by atoms with van der Waals surface area (Å²) in [7, 11) is 0. The Labute approximate surface area is 155 Å². The maximum Gasteiger partial charge on any atom is 0.330 e. The highest BCUT2D eigenvalue weighted by molar-refractivity contribution is 9.10. The van der Waals surface area contributed by atoms with Crippen molar-refractivity contribution in [3.8, 4) is 11.4 Å². The van der Waals surface area contributed by atoms with Crippen molar-refractivity contribution in [1.82, 2.24) is 10.1 Å². The molecule has 2 aliphatic rings. The average molecular weight is 397 g/mol. The highest BCUT2D eigenvalue weighted by Gasteiger charge is 2.50. The van der Waals surface area contributed by atoms with Crippen LogP contribution in [0.2, 0.25) is 0 Å². The number of aromatic nitrogens is 3. The lowest BCUT2D eigenvalue weighted by Gasteiger charge is -2.36. The van der Waals surface area contributed by atoms with E-state index in [9.17, 15) is 0 Å². The van der Waals surface area contributed by atoms with Gasteiger partial charge in [0.25, 0.3) is 5.82 Å². The van der Waals surface area contributed by atoms with Gasteiger partial charge in [-0.05, 0) is 47.2 Å². The molecule has 0 bridgehead atoms. The lowest BCUT2D eigenvalue weighted by Crippen LogP contribution is -2.54. The Kier molecular flexibility index (Phi) is 3.54. The van der Waals surface area contributed by atoms with Crippen LogP contribution < -0.4 is 4.68 Å². The standard InChI is InChI=1S/C20H18BrN3O/c21-16-6-3-5-14(12-16)18-22-19-20(8-10-25-11-9-20)17-7-2-1-4-15(17)13-24(19)23-18/h1-7,12H,8-11,13H2/p+1. The second kappa shape index (κ2) is 5.78. The molecule has 0 amide bonds. The highest BCUT2D eigenvalue weighted by Crippen LogP contribution is 2.43. The van der Waals surface area contributed by atoms with Crippen molar-refractivity contribution in [2.45, 2.75) is 24.8 Å². The fourth-order valence-electron chi connectivity index (χ4n) is 4.25. The first-order valence-electron chi connectivity index (χ1n) is 8.69. The number of hydrogen-bond acceptors (Lipinski definition) is 2. The number of rotatable bonds is 1. The summed E-state index contributed by atoms with van der Waals surface area (Å²) in [5.74, 6) is 2.07. The van der Waals surface area contributed by atoms with E-state index in [0.29, 0.717) is 0 Å². The molecule has 2 aliphatic heterocycles. The summed E-state index contributed by atoms with van der Waals surface area (Å²) in [5, 5.41) is 3.53. The summed E-state index contributed by atoms with van der Waals surface area (Å²) < 4.78 is 8.97. The van der Waals surface area contributed by atoms with E-state index >= 15 is 0 Å². The van der Waals surface area contributed by atoms with Crippen LogP contribution in [0.5, 0.6) is 0 Å². The van der Waals surface area contributed by atoms with Crippen molar-refractivity contribution in [2.75, 3.05) is 13.2 Å². The number of H-pyrrole nitrogens is 1. The summed E-state index contributed by atoms with van der Waals surface area (Å²) in [6.07, 6.45) is 1.96. The number of ether oxygens (including phenoxy) is 1. The third-order valence-corrected chi connectivity index (χ3v) is 5.94. The van der Waals surface area contributed by atoms with Crippen LogP contribution in [0, 0.1) is 0 Å². The zero-order valence-corrected chi connectivity index (χ0v) is 15.4. The minimum absolute atomic E-state index is 0.0478. The van der Waals surface area contributed by atoms with Crippen LogP contribution in [-0.2, 0) is 16.7 Å². The summed E-state index contributed by atoms with van der Waals surface area (Å²) in [6.45, 7) is 2.41. The van der Waals surface area contributed by atoms with Crippen LogP contribution in [0.3, 0.4) is 0 Å². The van der Waals surface area contributed by atoms with Gasteiger partial charge in [-0.15, -0.1) is 0 Å². The van der Waals surface area contributed by atoms with Crippen LogP contribution >= 0.6 is 15.9 Å². The van der Waals surface area contributed by atoms with Gasteiger partial charge < -0.3 is 4.74 Å². The van der Waals surface area contributed by atoms with Gasteiger partial charge in [0.15, 0.2) is 0 Å². The molecule has 4 nitrogen and oxygen atoms in total. The molecular formula is C20H19BrN3O+. The van der Waals surface area contributed by atoms with Gasteiger partial charge in [-0.1, -0.05) is 46.3 Å². The van der Waals surface area contributed by atoms with Gasteiger partial charge in [-0.3, -0.25) is 0 Å². The third kappa shape index (κ3) is 2.37. The summed E-state index contributed by atoms with van der Waals surface area (Å²) in [5.41, 5.74) is 3.85. The Morgan fingerprint density at radius 2 is 1.92 bits per heavy atom. The molecule has 0 aliphatic carbocycles. The van der Waals surface area contributed by atoms with Crippen LogP contribution in [0.1, 0.15) is 29.8 Å². The second-order valence-electron chi connectivity index (χ2n) is 6.84. The maximum absolute atomic E-state index is 5.68. The Morgan fingerprint density at radius 3 is 2.76 bits per heavy atom. The Morgan fingerprint density at radius 1 is 1.08 bits per heavy atom. The summed E-state index contributed by atoms with van der Waals surface area (Å²) in [4.78, 5) is 5.07. The van der Waals surface area contributed by atoms with E-state index in [4.69, 9.17) is 9.72 Å².